The lowest BCUT2D eigenvalue weighted by Gasteiger charge is -2.19. The largest absolute Gasteiger partial charge is 0.339 e. The second kappa shape index (κ2) is 6.80. The Hall–Kier alpha value is -1.39. The molecule has 1 fully saturated rings. The number of nitrogens with two attached hydrogens (primary N) is 1. The first-order valence-electron chi connectivity index (χ1n) is 7.78. The molecule has 1 aliphatic rings. The molecule has 0 saturated heterocycles. The van der Waals surface area contributed by atoms with Crippen LogP contribution in [-0.2, 0) is 5.54 Å². The lowest BCUT2D eigenvalue weighted by molar-refractivity contribution is 0.326. The quantitative estimate of drug-likeness (QED) is 0.924. The van der Waals surface area contributed by atoms with E-state index in [1.807, 2.05) is 18.2 Å². The molecule has 1 unspecified atom stereocenters. The van der Waals surface area contributed by atoms with Gasteiger partial charge in [0.1, 0.15) is 0 Å². The van der Waals surface area contributed by atoms with Crippen LogP contribution in [0.1, 0.15) is 62.7 Å². The highest BCUT2D eigenvalue weighted by Crippen LogP contribution is 2.37. The van der Waals surface area contributed by atoms with Crippen LogP contribution in [0, 0.1) is 5.92 Å². The summed E-state index contributed by atoms with van der Waals surface area (Å²) in [6.07, 6.45) is 4.19. The van der Waals surface area contributed by atoms with Crippen molar-refractivity contribution < 1.29 is 4.52 Å². The Balaban J connectivity index is 0.00000176. The number of halogens is 1. The Morgan fingerprint density at radius 1 is 1.14 bits per heavy atom. The van der Waals surface area contributed by atoms with Crippen LogP contribution >= 0.6 is 12.4 Å². The number of hydrogen-bond donors (Lipinski definition) is 1. The highest BCUT2D eigenvalue weighted by atomic mass is 35.5. The molecule has 5 heteroatoms. The smallest absolute Gasteiger partial charge is 0.234 e. The predicted molar refractivity (Wildman–Crippen MR) is 89.0 cm³/mol. The van der Waals surface area contributed by atoms with E-state index in [-0.39, 0.29) is 23.9 Å². The first kappa shape index (κ1) is 17.0. The van der Waals surface area contributed by atoms with Crippen molar-refractivity contribution in [3.63, 3.8) is 0 Å². The first-order valence-corrected chi connectivity index (χ1v) is 7.78. The van der Waals surface area contributed by atoms with Crippen molar-refractivity contribution in [3.8, 4) is 0 Å². The molecule has 0 bridgehead atoms. The molecule has 1 heterocycles. The lowest BCUT2D eigenvalue weighted by atomic mass is 9.88. The molecule has 4 nitrogen and oxygen atoms in total. The molecule has 3 rings (SSSR count). The molecule has 0 radical (unpaired) electrons. The van der Waals surface area contributed by atoms with Crippen molar-refractivity contribution in [2.75, 3.05) is 0 Å². The number of rotatable bonds is 4. The zero-order valence-electron chi connectivity index (χ0n) is 13.2. The highest BCUT2D eigenvalue weighted by molar-refractivity contribution is 5.85. The van der Waals surface area contributed by atoms with Gasteiger partial charge < -0.3 is 10.3 Å². The van der Waals surface area contributed by atoms with Crippen molar-refractivity contribution in [1.82, 2.24) is 10.1 Å². The summed E-state index contributed by atoms with van der Waals surface area (Å²) < 4.78 is 5.58. The summed E-state index contributed by atoms with van der Waals surface area (Å²) in [6, 6.07) is 10.3. The van der Waals surface area contributed by atoms with Crippen LogP contribution in [0.3, 0.4) is 0 Å². The fourth-order valence-electron chi connectivity index (χ4n) is 3.27. The van der Waals surface area contributed by atoms with Gasteiger partial charge in [0.2, 0.25) is 5.89 Å². The summed E-state index contributed by atoms with van der Waals surface area (Å²) in [7, 11) is 0. The van der Waals surface area contributed by atoms with E-state index in [2.05, 4.69) is 36.1 Å². The summed E-state index contributed by atoms with van der Waals surface area (Å²) in [5.74, 6) is 1.87. The third-order valence-corrected chi connectivity index (χ3v) is 4.47. The third kappa shape index (κ3) is 3.18. The highest BCUT2D eigenvalue weighted by Gasteiger charge is 2.37. The van der Waals surface area contributed by atoms with Gasteiger partial charge in [0.25, 0.3) is 0 Å². The van der Waals surface area contributed by atoms with E-state index in [1.165, 1.54) is 5.56 Å². The molecule has 1 saturated carbocycles. The molecule has 0 spiro atoms. The Morgan fingerprint density at radius 2 is 1.77 bits per heavy atom. The van der Waals surface area contributed by atoms with Gasteiger partial charge in [0.05, 0.1) is 11.5 Å². The molecule has 2 aromatic rings. The maximum absolute atomic E-state index is 6.42. The fraction of sp³-hybridized carbons (Fsp3) is 0.529. The van der Waals surface area contributed by atoms with Crippen molar-refractivity contribution in [3.05, 3.63) is 47.6 Å². The number of hydrogen-bond acceptors (Lipinski definition) is 4. The van der Waals surface area contributed by atoms with Gasteiger partial charge in [0, 0.05) is 0 Å². The average molecular weight is 322 g/mol. The molecule has 120 valence electrons. The van der Waals surface area contributed by atoms with Gasteiger partial charge in [-0.15, -0.1) is 12.4 Å². The maximum atomic E-state index is 6.42. The monoisotopic (exact) mass is 321 g/mol. The summed E-state index contributed by atoms with van der Waals surface area (Å²) in [5, 5.41) is 4.19. The third-order valence-electron chi connectivity index (χ3n) is 4.47. The molecule has 1 atom stereocenters. The fourth-order valence-corrected chi connectivity index (χ4v) is 3.27. The van der Waals surface area contributed by atoms with E-state index < -0.39 is 0 Å². The van der Waals surface area contributed by atoms with Crippen molar-refractivity contribution >= 4 is 12.4 Å². The van der Waals surface area contributed by atoms with E-state index in [4.69, 9.17) is 10.3 Å². The van der Waals surface area contributed by atoms with Gasteiger partial charge in [-0.25, -0.2) is 0 Å². The number of nitrogens with zero attached hydrogens (tertiary/aromatic N) is 2. The minimum atomic E-state index is -0.389. The number of aromatic nitrogens is 2. The van der Waals surface area contributed by atoms with E-state index in [0.717, 1.165) is 25.7 Å². The standard InChI is InChI=1S/C17H23N3O.ClH/c1-12(2)14(13-8-4-3-5-9-13)15-19-16(20-21-15)17(18)10-6-7-11-17;/h3-5,8-9,12,14H,6-7,10-11,18H2,1-2H3;1H. The van der Waals surface area contributed by atoms with E-state index in [1.54, 1.807) is 0 Å². The molecule has 1 aliphatic carbocycles. The molecule has 1 aromatic carbocycles. The topological polar surface area (TPSA) is 64.9 Å². The van der Waals surface area contributed by atoms with E-state index in [9.17, 15) is 0 Å². The van der Waals surface area contributed by atoms with Gasteiger partial charge in [-0.2, -0.15) is 4.98 Å². The second-order valence-electron chi connectivity index (χ2n) is 6.45. The van der Waals surface area contributed by atoms with E-state index in [0.29, 0.717) is 17.6 Å². The number of benzene rings is 1. The molecule has 0 aliphatic heterocycles. The van der Waals surface area contributed by atoms with E-state index >= 15 is 0 Å². The van der Waals surface area contributed by atoms with Crippen molar-refractivity contribution in [1.29, 1.82) is 0 Å². The van der Waals surface area contributed by atoms with Crippen LogP contribution in [-0.4, -0.2) is 10.1 Å². The van der Waals surface area contributed by atoms with Crippen LogP contribution in [0.2, 0.25) is 0 Å². The van der Waals surface area contributed by atoms with Crippen LogP contribution in [0.25, 0.3) is 0 Å². The Kier molecular flexibility index (Phi) is 5.24. The van der Waals surface area contributed by atoms with Crippen LogP contribution in [0.5, 0.6) is 0 Å². The first-order chi connectivity index (χ1) is 10.1. The maximum Gasteiger partial charge on any atom is 0.234 e. The van der Waals surface area contributed by atoms with Crippen LogP contribution < -0.4 is 5.73 Å². The Morgan fingerprint density at radius 3 is 2.36 bits per heavy atom. The summed E-state index contributed by atoms with van der Waals surface area (Å²) >= 11 is 0. The minimum Gasteiger partial charge on any atom is -0.339 e. The lowest BCUT2D eigenvalue weighted by Crippen LogP contribution is -2.34. The Labute approximate surface area is 137 Å². The normalized spacial score (nSPS) is 18.2. The van der Waals surface area contributed by atoms with Gasteiger partial charge in [0.15, 0.2) is 5.82 Å². The predicted octanol–water partition coefficient (Wildman–Crippen LogP) is 4.01. The molecule has 0 amide bonds. The zero-order valence-corrected chi connectivity index (χ0v) is 14.0. The van der Waals surface area contributed by atoms with Crippen molar-refractivity contribution in [2.24, 2.45) is 11.7 Å². The van der Waals surface area contributed by atoms with Gasteiger partial charge in [-0.05, 0) is 24.3 Å². The van der Waals surface area contributed by atoms with Gasteiger partial charge in [-0.1, -0.05) is 62.2 Å². The Bertz CT molecular complexity index is 591. The van der Waals surface area contributed by atoms with Crippen molar-refractivity contribution in [2.45, 2.75) is 51.0 Å². The summed E-state index contributed by atoms with van der Waals surface area (Å²) in [5.41, 5.74) is 7.24. The summed E-state index contributed by atoms with van der Waals surface area (Å²) in [6.45, 7) is 4.35. The van der Waals surface area contributed by atoms with Gasteiger partial charge >= 0.3 is 0 Å². The zero-order chi connectivity index (χ0) is 14.9. The molecule has 2 N–H and O–H groups in total. The average Bonchev–Trinajstić information content (AvgIpc) is 3.10. The molecule has 22 heavy (non-hydrogen) atoms. The SMILES string of the molecule is CC(C)C(c1ccccc1)c1nc(C2(N)CCCC2)no1.Cl. The molecule has 1 aromatic heterocycles. The van der Waals surface area contributed by atoms with Gasteiger partial charge in [-0.3, -0.25) is 0 Å². The van der Waals surface area contributed by atoms with Crippen LogP contribution in [0.4, 0.5) is 0 Å². The minimum absolute atomic E-state index is 0. The summed E-state index contributed by atoms with van der Waals surface area (Å²) in [4.78, 5) is 4.66. The molecular weight excluding hydrogens is 298 g/mol. The van der Waals surface area contributed by atoms with Crippen LogP contribution in [0.15, 0.2) is 34.9 Å². The molecular formula is C17H24ClN3O. The second-order valence-corrected chi connectivity index (χ2v) is 6.45.